The molecule has 1 fully saturated rings. The van der Waals surface area contributed by atoms with Crippen LogP contribution < -0.4 is 10.6 Å². The number of carbonyl (C=O) groups is 4. The number of amides is 4. The zero-order valence-corrected chi connectivity index (χ0v) is 16.5. The highest BCUT2D eigenvalue weighted by Gasteiger charge is 2.55. The van der Waals surface area contributed by atoms with E-state index in [1.807, 2.05) is 24.3 Å². The molecule has 1 aliphatic carbocycles. The summed E-state index contributed by atoms with van der Waals surface area (Å²) in [7, 11) is 0. The van der Waals surface area contributed by atoms with Gasteiger partial charge in [-0.3, -0.25) is 14.5 Å². The largest absolute Gasteiger partial charge is 0.462 e. The monoisotopic (exact) mass is 413 g/mol. The van der Waals surface area contributed by atoms with E-state index in [0.29, 0.717) is 17.8 Å². The number of ether oxygens (including phenoxy) is 1. The van der Waals surface area contributed by atoms with E-state index in [1.165, 1.54) is 0 Å². The van der Waals surface area contributed by atoms with E-state index in [2.05, 4.69) is 10.6 Å². The number of nitrogens with one attached hydrogen (secondary N) is 2. The maximum absolute atomic E-state index is 13.1. The molecule has 4 amide bonds. The number of thiophene rings is 1. The van der Waals surface area contributed by atoms with Gasteiger partial charge in [0.2, 0.25) is 5.91 Å². The number of esters is 1. The van der Waals surface area contributed by atoms with Crippen LogP contribution in [0.5, 0.6) is 0 Å². The fourth-order valence-electron chi connectivity index (χ4n) is 3.82. The van der Waals surface area contributed by atoms with E-state index in [4.69, 9.17) is 4.74 Å². The molecule has 0 saturated carbocycles. The van der Waals surface area contributed by atoms with Crippen molar-refractivity contribution in [2.75, 3.05) is 18.5 Å². The van der Waals surface area contributed by atoms with Crippen LogP contribution in [0.15, 0.2) is 35.7 Å². The molecule has 150 valence electrons. The second kappa shape index (κ2) is 7.32. The summed E-state index contributed by atoms with van der Waals surface area (Å²) in [6.45, 7) is 1.47. The van der Waals surface area contributed by atoms with Gasteiger partial charge in [-0.05, 0) is 42.3 Å². The minimum absolute atomic E-state index is 0.216. The van der Waals surface area contributed by atoms with Crippen LogP contribution in [0.1, 0.15) is 34.8 Å². The molecule has 1 aliphatic heterocycles. The van der Waals surface area contributed by atoms with Gasteiger partial charge in [0.25, 0.3) is 5.91 Å². The van der Waals surface area contributed by atoms with Crippen LogP contribution in [-0.2, 0) is 26.3 Å². The van der Waals surface area contributed by atoms with Gasteiger partial charge in [0.05, 0.1) is 12.2 Å². The fourth-order valence-corrected chi connectivity index (χ4v) is 4.61. The summed E-state index contributed by atoms with van der Waals surface area (Å²) in [5.74, 6) is -1.54. The lowest BCUT2D eigenvalue weighted by Crippen LogP contribution is -2.43. The SMILES string of the molecule is CCOC(=O)c1ccsc1NC(=O)CN1C(=O)N[C@]2(CCc3ccccc32)C1=O. The lowest BCUT2D eigenvalue weighted by molar-refractivity contribution is -0.134. The van der Waals surface area contributed by atoms with Crippen LogP contribution in [0.4, 0.5) is 9.80 Å². The summed E-state index contributed by atoms with van der Waals surface area (Å²) in [4.78, 5) is 51.0. The summed E-state index contributed by atoms with van der Waals surface area (Å²) in [5.41, 5.74) is 0.935. The summed E-state index contributed by atoms with van der Waals surface area (Å²) >= 11 is 1.16. The van der Waals surface area contributed by atoms with Crippen LogP contribution in [0.3, 0.4) is 0 Å². The van der Waals surface area contributed by atoms with E-state index in [-0.39, 0.29) is 12.2 Å². The van der Waals surface area contributed by atoms with Crippen LogP contribution in [-0.4, -0.2) is 41.9 Å². The lowest BCUT2D eigenvalue weighted by Gasteiger charge is -2.22. The van der Waals surface area contributed by atoms with Crippen molar-refractivity contribution in [3.05, 3.63) is 52.4 Å². The number of carbonyl (C=O) groups excluding carboxylic acids is 4. The van der Waals surface area contributed by atoms with Gasteiger partial charge >= 0.3 is 12.0 Å². The second-order valence-corrected chi connectivity index (χ2v) is 7.73. The highest BCUT2D eigenvalue weighted by atomic mass is 32.1. The van der Waals surface area contributed by atoms with Crippen LogP contribution >= 0.6 is 11.3 Å². The van der Waals surface area contributed by atoms with Crippen molar-refractivity contribution in [2.24, 2.45) is 0 Å². The number of hydrogen-bond donors (Lipinski definition) is 2. The van der Waals surface area contributed by atoms with Gasteiger partial charge in [-0.15, -0.1) is 11.3 Å². The Bertz CT molecular complexity index is 1020. The molecule has 1 spiro atoms. The molecule has 0 radical (unpaired) electrons. The molecule has 1 atom stereocenters. The number of aryl methyl sites for hydroxylation is 1. The van der Waals surface area contributed by atoms with Gasteiger partial charge in [-0.2, -0.15) is 0 Å². The summed E-state index contributed by atoms with van der Waals surface area (Å²) < 4.78 is 4.96. The Morgan fingerprint density at radius 1 is 1.28 bits per heavy atom. The van der Waals surface area contributed by atoms with Crippen molar-refractivity contribution in [3.63, 3.8) is 0 Å². The number of rotatable bonds is 5. The number of fused-ring (bicyclic) bond motifs is 2. The molecule has 2 N–H and O–H groups in total. The topological polar surface area (TPSA) is 105 Å². The molecule has 1 saturated heterocycles. The van der Waals surface area contributed by atoms with Crippen LogP contribution in [0, 0.1) is 0 Å². The lowest BCUT2D eigenvalue weighted by atomic mass is 9.92. The predicted molar refractivity (Wildman–Crippen MR) is 106 cm³/mol. The molecule has 2 heterocycles. The number of benzene rings is 1. The van der Waals surface area contributed by atoms with Crippen LogP contribution in [0.25, 0.3) is 0 Å². The van der Waals surface area contributed by atoms with E-state index in [0.717, 1.165) is 27.4 Å². The van der Waals surface area contributed by atoms with Gasteiger partial charge in [0.15, 0.2) is 0 Å². The minimum atomic E-state index is -1.10. The fraction of sp³-hybridized carbons (Fsp3) is 0.300. The minimum Gasteiger partial charge on any atom is -0.462 e. The molecule has 2 aliphatic rings. The first-order valence-electron chi connectivity index (χ1n) is 9.23. The average Bonchev–Trinajstić information content (AvgIpc) is 3.37. The van der Waals surface area contributed by atoms with Crippen molar-refractivity contribution in [3.8, 4) is 0 Å². The third-order valence-electron chi connectivity index (χ3n) is 5.14. The molecular formula is C20H19N3O5S. The number of urea groups is 1. The zero-order chi connectivity index (χ0) is 20.6. The standard InChI is InChI=1S/C20H19N3O5S/c1-2-28-17(25)13-8-10-29-16(13)21-15(24)11-23-18(26)20(22-19(23)27)9-7-12-5-3-4-6-14(12)20/h3-6,8,10H,2,7,9,11H2,1H3,(H,21,24)(H,22,27)/t20-/m0/s1. The van der Waals surface area contributed by atoms with Gasteiger partial charge in [0.1, 0.15) is 17.1 Å². The molecule has 4 rings (SSSR count). The van der Waals surface area contributed by atoms with Gasteiger partial charge in [-0.1, -0.05) is 24.3 Å². The highest BCUT2D eigenvalue weighted by molar-refractivity contribution is 7.14. The third kappa shape index (κ3) is 3.17. The average molecular weight is 413 g/mol. The van der Waals surface area contributed by atoms with E-state index in [1.54, 1.807) is 18.4 Å². The van der Waals surface area contributed by atoms with E-state index in [9.17, 15) is 19.2 Å². The highest BCUT2D eigenvalue weighted by Crippen LogP contribution is 2.41. The summed E-state index contributed by atoms with van der Waals surface area (Å²) in [5, 5.41) is 7.36. The number of nitrogens with zero attached hydrogens (tertiary/aromatic N) is 1. The first kappa shape index (κ1) is 19.1. The van der Waals surface area contributed by atoms with Gasteiger partial charge in [0, 0.05) is 0 Å². The zero-order valence-electron chi connectivity index (χ0n) is 15.7. The molecule has 2 aromatic rings. The molecule has 0 unspecified atom stereocenters. The Morgan fingerprint density at radius 2 is 2.07 bits per heavy atom. The number of imide groups is 1. The molecule has 1 aromatic heterocycles. The van der Waals surface area contributed by atoms with E-state index >= 15 is 0 Å². The van der Waals surface area contributed by atoms with E-state index < -0.39 is 35.9 Å². The van der Waals surface area contributed by atoms with Gasteiger partial charge < -0.3 is 15.4 Å². The Hall–Kier alpha value is -3.20. The first-order valence-corrected chi connectivity index (χ1v) is 10.1. The molecule has 0 bridgehead atoms. The quantitative estimate of drug-likeness (QED) is 0.578. The van der Waals surface area contributed by atoms with Gasteiger partial charge in [-0.25, -0.2) is 9.59 Å². The number of anilines is 1. The normalized spacial score (nSPS) is 20.0. The smallest absolute Gasteiger partial charge is 0.341 e. The Balaban J connectivity index is 1.49. The number of hydrogen-bond acceptors (Lipinski definition) is 6. The molecular weight excluding hydrogens is 394 g/mol. The first-order chi connectivity index (χ1) is 14.0. The summed E-state index contributed by atoms with van der Waals surface area (Å²) in [6, 6.07) is 8.45. The maximum Gasteiger partial charge on any atom is 0.341 e. The molecule has 8 nitrogen and oxygen atoms in total. The van der Waals surface area contributed by atoms with Crippen molar-refractivity contribution in [2.45, 2.75) is 25.3 Å². The van der Waals surface area contributed by atoms with Crippen molar-refractivity contribution < 1.29 is 23.9 Å². The molecule has 1 aromatic carbocycles. The van der Waals surface area contributed by atoms with Crippen molar-refractivity contribution in [1.82, 2.24) is 10.2 Å². The molecule has 9 heteroatoms. The summed E-state index contributed by atoms with van der Waals surface area (Å²) in [6.07, 6.45) is 1.15. The van der Waals surface area contributed by atoms with Crippen LogP contribution in [0.2, 0.25) is 0 Å². The molecule has 29 heavy (non-hydrogen) atoms. The maximum atomic E-state index is 13.1. The Kier molecular flexibility index (Phi) is 4.83. The second-order valence-electron chi connectivity index (χ2n) is 6.82. The van der Waals surface area contributed by atoms with Crippen molar-refractivity contribution in [1.29, 1.82) is 0 Å². The third-order valence-corrected chi connectivity index (χ3v) is 5.97. The van der Waals surface area contributed by atoms with Crippen molar-refractivity contribution >= 4 is 40.2 Å². The Labute approximate surface area is 170 Å². The predicted octanol–water partition coefficient (Wildman–Crippen LogP) is 2.26. The Morgan fingerprint density at radius 3 is 2.86 bits per heavy atom.